The highest BCUT2D eigenvalue weighted by atomic mass is 19.1. The van der Waals surface area contributed by atoms with Gasteiger partial charge in [-0.15, -0.1) is 0 Å². The first kappa shape index (κ1) is 14.1. The topological polar surface area (TPSA) is 29.5 Å². The lowest BCUT2D eigenvalue weighted by atomic mass is 9.84. The lowest BCUT2D eigenvalue weighted by Crippen LogP contribution is -2.20. The van der Waals surface area contributed by atoms with E-state index in [1.165, 1.54) is 0 Å². The molecule has 0 amide bonds. The molecule has 2 aromatic rings. The molecule has 0 saturated heterocycles. The molecular formula is C18H19FO2. The number of hydrogen-bond acceptors (Lipinski definition) is 2. The molecule has 3 heteroatoms. The van der Waals surface area contributed by atoms with E-state index in [0.29, 0.717) is 17.7 Å². The van der Waals surface area contributed by atoms with Crippen molar-refractivity contribution in [2.75, 3.05) is 6.61 Å². The standard InChI is InChI=1S/C18H19FO2/c1-11-9-13(10-12(2)17(11)19)18(20)15-7-8-21-16-6-4-3-5-14(15)16/h3-6,9-10,15,18,20H,7-8H2,1-2H3. The molecule has 2 unspecified atom stereocenters. The third-order valence-electron chi connectivity index (χ3n) is 4.19. The van der Waals surface area contributed by atoms with Crippen LogP contribution in [0, 0.1) is 19.7 Å². The van der Waals surface area contributed by atoms with E-state index in [9.17, 15) is 9.50 Å². The van der Waals surface area contributed by atoms with E-state index in [4.69, 9.17) is 4.74 Å². The van der Waals surface area contributed by atoms with Crippen LogP contribution in [-0.2, 0) is 0 Å². The zero-order valence-corrected chi connectivity index (χ0v) is 12.3. The van der Waals surface area contributed by atoms with Gasteiger partial charge in [0.05, 0.1) is 12.7 Å². The maximum absolute atomic E-state index is 13.8. The van der Waals surface area contributed by atoms with Crippen LogP contribution in [0.4, 0.5) is 4.39 Å². The van der Waals surface area contributed by atoms with Crippen LogP contribution in [-0.4, -0.2) is 11.7 Å². The summed E-state index contributed by atoms with van der Waals surface area (Å²) in [6, 6.07) is 11.3. The smallest absolute Gasteiger partial charge is 0.129 e. The maximum Gasteiger partial charge on any atom is 0.129 e. The Kier molecular flexibility index (Phi) is 3.68. The maximum atomic E-state index is 13.8. The van der Waals surface area contributed by atoms with E-state index >= 15 is 0 Å². The summed E-state index contributed by atoms with van der Waals surface area (Å²) in [5.74, 6) is 0.626. The number of para-hydroxylation sites is 1. The lowest BCUT2D eigenvalue weighted by molar-refractivity contribution is 0.117. The van der Waals surface area contributed by atoms with Gasteiger partial charge in [-0.2, -0.15) is 0 Å². The molecule has 2 atom stereocenters. The molecule has 2 aromatic carbocycles. The summed E-state index contributed by atoms with van der Waals surface area (Å²) in [4.78, 5) is 0. The van der Waals surface area contributed by atoms with Crippen LogP contribution in [0.25, 0.3) is 0 Å². The van der Waals surface area contributed by atoms with Gasteiger partial charge in [-0.25, -0.2) is 4.39 Å². The third-order valence-corrected chi connectivity index (χ3v) is 4.19. The molecule has 1 aliphatic rings. The summed E-state index contributed by atoms with van der Waals surface area (Å²) < 4.78 is 19.4. The highest BCUT2D eigenvalue weighted by molar-refractivity contribution is 5.41. The lowest BCUT2D eigenvalue weighted by Gasteiger charge is -2.30. The fourth-order valence-corrected chi connectivity index (χ4v) is 3.08. The normalized spacial score (nSPS) is 18.8. The molecule has 2 nitrogen and oxygen atoms in total. The second-order valence-corrected chi connectivity index (χ2v) is 5.69. The molecule has 0 aliphatic carbocycles. The van der Waals surface area contributed by atoms with Gasteiger partial charge in [-0.05, 0) is 43.0 Å². The number of hydrogen-bond donors (Lipinski definition) is 1. The van der Waals surface area contributed by atoms with Crippen LogP contribution in [0.1, 0.15) is 40.7 Å². The highest BCUT2D eigenvalue weighted by Crippen LogP contribution is 2.41. The summed E-state index contributed by atoms with van der Waals surface area (Å²) in [6.45, 7) is 4.06. The second kappa shape index (κ2) is 5.49. The SMILES string of the molecule is Cc1cc(C(O)C2CCOc3ccccc32)cc(C)c1F. The van der Waals surface area contributed by atoms with Gasteiger partial charge in [0.15, 0.2) is 0 Å². The molecule has 3 rings (SSSR count). The van der Waals surface area contributed by atoms with Gasteiger partial charge in [0.25, 0.3) is 0 Å². The summed E-state index contributed by atoms with van der Waals surface area (Å²) in [5, 5.41) is 10.8. The molecule has 21 heavy (non-hydrogen) atoms. The number of aryl methyl sites for hydroxylation is 2. The van der Waals surface area contributed by atoms with Gasteiger partial charge in [-0.3, -0.25) is 0 Å². The number of rotatable bonds is 2. The average Bonchev–Trinajstić information content (AvgIpc) is 2.51. The van der Waals surface area contributed by atoms with Gasteiger partial charge in [0.1, 0.15) is 11.6 Å². The molecule has 0 bridgehead atoms. The fourth-order valence-electron chi connectivity index (χ4n) is 3.08. The van der Waals surface area contributed by atoms with E-state index < -0.39 is 6.10 Å². The summed E-state index contributed by atoms with van der Waals surface area (Å²) in [7, 11) is 0. The van der Waals surface area contributed by atoms with Crippen molar-refractivity contribution in [2.45, 2.75) is 32.3 Å². The minimum Gasteiger partial charge on any atom is -0.493 e. The monoisotopic (exact) mass is 286 g/mol. The average molecular weight is 286 g/mol. The predicted octanol–water partition coefficient (Wildman–Crippen LogP) is 4.04. The zero-order valence-electron chi connectivity index (χ0n) is 12.3. The number of halogens is 1. The molecule has 0 aromatic heterocycles. The number of benzene rings is 2. The largest absolute Gasteiger partial charge is 0.493 e. The van der Waals surface area contributed by atoms with Crippen LogP contribution >= 0.6 is 0 Å². The van der Waals surface area contributed by atoms with Crippen molar-refractivity contribution in [3.05, 3.63) is 64.5 Å². The van der Waals surface area contributed by atoms with Crippen molar-refractivity contribution in [3.8, 4) is 5.75 Å². The van der Waals surface area contributed by atoms with E-state index in [1.54, 1.807) is 26.0 Å². The van der Waals surface area contributed by atoms with E-state index in [-0.39, 0.29) is 11.7 Å². The first-order chi connectivity index (χ1) is 10.1. The second-order valence-electron chi connectivity index (χ2n) is 5.69. The molecule has 1 N–H and O–H groups in total. The molecule has 1 heterocycles. The van der Waals surface area contributed by atoms with Crippen LogP contribution in [0.5, 0.6) is 5.75 Å². The Labute approximate surface area is 124 Å². The van der Waals surface area contributed by atoms with Crippen molar-refractivity contribution >= 4 is 0 Å². The molecule has 110 valence electrons. The van der Waals surface area contributed by atoms with Gasteiger partial charge in [0, 0.05) is 11.5 Å². The summed E-state index contributed by atoms with van der Waals surface area (Å²) >= 11 is 0. The first-order valence-electron chi connectivity index (χ1n) is 7.24. The van der Waals surface area contributed by atoms with E-state index in [0.717, 1.165) is 23.3 Å². The fraction of sp³-hybridized carbons (Fsp3) is 0.333. The Hall–Kier alpha value is -1.87. The molecule has 0 saturated carbocycles. The van der Waals surface area contributed by atoms with Gasteiger partial charge >= 0.3 is 0 Å². The molecule has 0 spiro atoms. The minimum atomic E-state index is -0.645. The first-order valence-corrected chi connectivity index (χ1v) is 7.24. The van der Waals surface area contributed by atoms with Crippen molar-refractivity contribution < 1.29 is 14.2 Å². The zero-order chi connectivity index (χ0) is 15.0. The van der Waals surface area contributed by atoms with Crippen molar-refractivity contribution in [2.24, 2.45) is 0 Å². The van der Waals surface area contributed by atoms with E-state index in [2.05, 4.69) is 0 Å². The Balaban J connectivity index is 1.98. The van der Waals surface area contributed by atoms with E-state index in [1.807, 2.05) is 24.3 Å². The number of aliphatic hydroxyl groups excluding tert-OH is 1. The Morgan fingerprint density at radius 1 is 1.19 bits per heavy atom. The predicted molar refractivity (Wildman–Crippen MR) is 80.1 cm³/mol. The minimum absolute atomic E-state index is 0.0146. The van der Waals surface area contributed by atoms with Crippen LogP contribution in [0.3, 0.4) is 0 Å². The van der Waals surface area contributed by atoms with Crippen LogP contribution < -0.4 is 4.74 Å². The van der Waals surface area contributed by atoms with Gasteiger partial charge in [0.2, 0.25) is 0 Å². The number of ether oxygens (including phenoxy) is 1. The Morgan fingerprint density at radius 2 is 1.86 bits per heavy atom. The molecule has 0 fully saturated rings. The number of fused-ring (bicyclic) bond motifs is 1. The summed E-state index contributed by atoms with van der Waals surface area (Å²) in [5.41, 5.74) is 2.94. The van der Waals surface area contributed by atoms with Crippen molar-refractivity contribution in [1.29, 1.82) is 0 Å². The Bertz CT molecular complexity index is 643. The van der Waals surface area contributed by atoms with Crippen molar-refractivity contribution in [1.82, 2.24) is 0 Å². The van der Waals surface area contributed by atoms with Crippen molar-refractivity contribution in [3.63, 3.8) is 0 Å². The highest BCUT2D eigenvalue weighted by Gasteiger charge is 2.29. The number of aliphatic hydroxyl groups is 1. The van der Waals surface area contributed by atoms with Crippen LogP contribution in [0.15, 0.2) is 36.4 Å². The quantitative estimate of drug-likeness (QED) is 0.902. The Morgan fingerprint density at radius 3 is 2.57 bits per heavy atom. The molecule has 0 radical (unpaired) electrons. The molecular weight excluding hydrogens is 267 g/mol. The van der Waals surface area contributed by atoms with Gasteiger partial charge < -0.3 is 9.84 Å². The molecule has 1 aliphatic heterocycles. The third kappa shape index (κ3) is 2.54. The van der Waals surface area contributed by atoms with Gasteiger partial charge in [-0.1, -0.05) is 30.3 Å². The summed E-state index contributed by atoms with van der Waals surface area (Å²) in [6.07, 6.45) is 0.112. The van der Waals surface area contributed by atoms with Crippen LogP contribution in [0.2, 0.25) is 0 Å².